The van der Waals surface area contributed by atoms with Crippen molar-refractivity contribution in [3.8, 4) is 17.2 Å². The van der Waals surface area contributed by atoms with E-state index in [4.69, 9.17) is 71.1 Å². The van der Waals surface area contributed by atoms with Crippen LogP contribution in [-0.2, 0) is 149 Å². The quantitative estimate of drug-likeness (QED) is 0.0334. The fraction of sp³-hybridized carbons (Fsp3) is 0.419. The number of carbonyl (C=O) groups excluding carboxylic acids is 15. The van der Waals surface area contributed by atoms with Crippen molar-refractivity contribution in [3.63, 3.8) is 0 Å². The number of esters is 15. The van der Waals surface area contributed by atoms with Crippen LogP contribution >= 0.6 is 0 Å². The second-order valence-corrected chi connectivity index (χ2v) is 20.6. The molecule has 0 spiro atoms. The van der Waals surface area contributed by atoms with Gasteiger partial charge < -0.3 is 86.4 Å². The Labute approximate surface area is 554 Å². The maximum absolute atomic E-state index is 14.1. The van der Waals surface area contributed by atoms with Gasteiger partial charge in [-0.15, -0.1) is 0 Å². The molecule has 12 atom stereocenters. The van der Waals surface area contributed by atoms with E-state index >= 15 is 0 Å². The van der Waals surface area contributed by atoms with E-state index in [2.05, 4.69) is 0 Å². The molecule has 0 heterocycles. The summed E-state index contributed by atoms with van der Waals surface area (Å²) in [5.74, 6) is -27.1. The molecule has 3 N–H and O–H groups in total. The van der Waals surface area contributed by atoms with Crippen LogP contribution in [0.2, 0.25) is 0 Å². The molecule has 0 fully saturated rings. The molecular weight excluding hydrogens is 1320 g/mol. The summed E-state index contributed by atoms with van der Waals surface area (Å²) in [6.45, 7) is 10.9. The maximum Gasteiger partial charge on any atom is 0.356 e. The van der Waals surface area contributed by atoms with Gasteiger partial charge in [0, 0.05) is 88.5 Å². The number of carboxylic acid groups (broad SMARTS) is 3. The molecule has 3 rings (SSSR count). The summed E-state index contributed by atoms with van der Waals surface area (Å²) in [7, 11) is 0. The van der Waals surface area contributed by atoms with Crippen molar-refractivity contribution >= 4 is 107 Å². The van der Waals surface area contributed by atoms with Gasteiger partial charge in [-0.2, -0.15) is 0 Å². The Balaban J connectivity index is 2.37. The summed E-state index contributed by atoms with van der Waals surface area (Å²) in [5, 5.41) is 30.1. The van der Waals surface area contributed by atoms with Crippen molar-refractivity contribution in [1.29, 1.82) is 0 Å². The van der Waals surface area contributed by atoms with Crippen LogP contribution in [0.15, 0.2) is 72.8 Å². The number of hydrogen-bond donors (Lipinski definition) is 3. The maximum atomic E-state index is 14.1. The molecule has 3 aromatic rings. The van der Waals surface area contributed by atoms with Crippen molar-refractivity contribution in [2.75, 3.05) is 0 Å². The first kappa shape index (κ1) is 80.4. The standard InChI is InChI=1S/C62H66O36/c1-26(63)84-44(50(56(75)76)90-32(7)69)47(87-29(4)66)53(93-35(10)72)59(81)96-41-20-14-38(15-21-41)62(13,39-16-22-42(23-17-39)97-60(82)54(94-36(11)73)48(88-30(5)67)45(85-27(2)64)51(57(77)78)91-33(8)70)40-18-24-43(25-19-40)98-61(83)55(95-37(12)74)49(89-31(6)68)46(86-28(3)65)52(58(79)80)92-34(9)71/h14-25,44-55H,1-13H3,(H,75,76)(H,77,78)(H,79,80). The molecule has 98 heavy (non-hydrogen) atoms. The average Bonchev–Trinajstić information content (AvgIpc) is 0.773. The Hall–Kier alpha value is -11.9. The van der Waals surface area contributed by atoms with Gasteiger partial charge in [0.2, 0.25) is 36.6 Å². The van der Waals surface area contributed by atoms with Gasteiger partial charge in [-0.25, -0.2) is 28.8 Å². The van der Waals surface area contributed by atoms with E-state index in [-0.39, 0.29) is 16.7 Å². The lowest BCUT2D eigenvalue weighted by Crippen LogP contribution is -2.56. The molecule has 3 aromatic carbocycles. The van der Waals surface area contributed by atoms with Crippen molar-refractivity contribution < 1.29 is 173 Å². The predicted octanol–water partition coefficient (Wildman–Crippen LogP) is 1.19. The highest BCUT2D eigenvalue weighted by Gasteiger charge is 2.53. The Kier molecular flexibility index (Phi) is 29.6. The number of rotatable bonds is 33. The first-order valence-corrected chi connectivity index (χ1v) is 28.3. The number of benzene rings is 3. The van der Waals surface area contributed by atoms with Gasteiger partial charge in [-0.1, -0.05) is 36.4 Å². The Bertz CT molecular complexity index is 3170. The zero-order valence-corrected chi connectivity index (χ0v) is 54.2. The summed E-state index contributed by atoms with van der Waals surface area (Å²) < 4.78 is 77.4. The van der Waals surface area contributed by atoms with Crippen LogP contribution in [0.1, 0.15) is 107 Å². The first-order chi connectivity index (χ1) is 45.6. The highest BCUT2D eigenvalue weighted by atomic mass is 16.7. The van der Waals surface area contributed by atoms with Crippen molar-refractivity contribution in [2.45, 2.75) is 169 Å². The molecule has 0 radical (unpaired) electrons. The van der Waals surface area contributed by atoms with Gasteiger partial charge in [0.1, 0.15) is 17.2 Å². The van der Waals surface area contributed by atoms with Gasteiger partial charge in [-0.3, -0.25) is 57.5 Å². The minimum absolute atomic E-state index is 0.217. The highest BCUT2D eigenvalue weighted by Crippen LogP contribution is 2.41. The molecule has 0 saturated heterocycles. The van der Waals surface area contributed by atoms with E-state index in [1.807, 2.05) is 0 Å². The zero-order chi connectivity index (χ0) is 74.4. The van der Waals surface area contributed by atoms with Gasteiger partial charge >= 0.3 is 107 Å². The largest absolute Gasteiger partial charge is 0.478 e. The fourth-order valence-corrected chi connectivity index (χ4v) is 9.14. The molecule has 0 aromatic heterocycles. The summed E-state index contributed by atoms with van der Waals surface area (Å²) in [6, 6.07) is 14.9. The molecule has 0 aliphatic carbocycles. The number of hydrogen-bond acceptors (Lipinski definition) is 33. The third-order valence-corrected chi connectivity index (χ3v) is 12.7. The molecule has 36 heteroatoms. The van der Waals surface area contributed by atoms with Crippen molar-refractivity contribution in [3.05, 3.63) is 89.5 Å². The molecule has 0 aliphatic heterocycles. The lowest BCUT2D eigenvalue weighted by molar-refractivity contribution is -0.206. The van der Waals surface area contributed by atoms with Crippen LogP contribution in [0, 0.1) is 0 Å². The van der Waals surface area contributed by atoms with Crippen LogP contribution in [0.3, 0.4) is 0 Å². The van der Waals surface area contributed by atoms with E-state index < -0.39 is 203 Å². The Morgan fingerprint density at radius 1 is 0.245 bits per heavy atom. The molecule has 0 saturated carbocycles. The van der Waals surface area contributed by atoms with Crippen LogP contribution in [0.25, 0.3) is 0 Å². The van der Waals surface area contributed by atoms with Gasteiger partial charge in [0.15, 0.2) is 36.6 Å². The van der Waals surface area contributed by atoms with E-state index in [0.29, 0.717) is 0 Å². The SMILES string of the molecule is CC(=O)OC(C(=O)O)C(OC(C)=O)C(OC(C)=O)C(OC(C)=O)C(=O)Oc1ccc(C(C)(c2ccc(OC(=O)C(OC(C)=O)C(OC(C)=O)C(OC(C)=O)C(OC(C)=O)C(=O)O)cc2)c2ccc(OC(=O)C(OC(C)=O)C(OC(C)=O)C(OC(C)=O)C(OC(C)=O)C(=O)O)cc2)cc1. The molecule has 36 nitrogen and oxygen atoms in total. The van der Waals surface area contributed by atoms with E-state index in [9.17, 15) is 102 Å². The molecule has 12 unspecified atom stereocenters. The van der Waals surface area contributed by atoms with Gasteiger partial charge in [0.25, 0.3) is 0 Å². The van der Waals surface area contributed by atoms with Crippen molar-refractivity contribution in [1.82, 2.24) is 0 Å². The topological polar surface area (TPSA) is 506 Å². The van der Waals surface area contributed by atoms with Crippen LogP contribution in [-0.4, -0.2) is 196 Å². The lowest BCUT2D eigenvalue weighted by atomic mass is 9.71. The molecule has 0 bridgehead atoms. The Morgan fingerprint density at radius 3 is 0.531 bits per heavy atom. The minimum Gasteiger partial charge on any atom is -0.478 e. The minimum atomic E-state index is -2.50. The highest BCUT2D eigenvalue weighted by molar-refractivity contribution is 5.87. The van der Waals surface area contributed by atoms with Crippen LogP contribution < -0.4 is 14.2 Å². The van der Waals surface area contributed by atoms with Crippen LogP contribution in [0.5, 0.6) is 17.2 Å². The Morgan fingerprint density at radius 2 is 0.388 bits per heavy atom. The van der Waals surface area contributed by atoms with E-state index in [1.54, 1.807) is 6.92 Å². The van der Waals surface area contributed by atoms with Gasteiger partial charge in [-0.05, 0) is 60.0 Å². The number of carbonyl (C=O) groups is 18. The molecule has 0 aliphatic rings. The smallest absolute Gasteiger partial charge is 0.356 e. The number of carboxylic acids is 3. The van der Waals surface area contributed by atoms with E-state index in [0.717, 1.165) is 119 Å². The predicted molar refractivity (Wildman–Crippen MR) is 311 cm³/mol. The average molecular weight is 1390 g/mol. The number of aliphatic carboxylic acids is 3. The summed E-state index contributed by atoms with van der Waals surface area (Å²) >= 11 is 0. The zero-order valence-electron chi connectivity index (χ0n) is 54.2. The molecular formula is C62H66O36. The monoisotopic (exact) mass is 1390 g/mol. The fourth-order valence-electron chi connectivity index (χ4n) is 9.14. The molecule has 530 valence electrons. The third kappa shape index (κ3) is 23.8. The first-order valence-electron chi connectivity index (χ1n) is 28.3. The normalized spacial score (nSPS) is 15.0. The summed E-state index contributed by atoms with van der Waals surface area (Å²) in [6.07, 6.45) is -29.3. The van der Waals surface area contributed by atoms with E-state index in [1.165, 1.54) is 36.4 Å². The van der Waals surface area contributed by atoms with Gasteiger partial charge in [0.05, 0.1) is 0 Å². The third-order valence-electron chi connectivity index (χ3n) is 12.7. The second kappa shape index (κ2) is 36.1. The van der Waals surface area contributed by atoms with Crippen molar-refractivity contribution in [2.24, 2.45) is 0 Å². The second-order valence-electron chi connectivity index (χ2n) is 20.6. The lowest BCUT2D eigenvalue weighted by Gasteiger charge is -2.33. The molecule has 0 amide bonds. The number of ether oxygens (including phenoxy) is 15. The summed E-state index contributed by atoms with van der Waals surface area (Å²) in [4.78, 5) is 228. The van der Waals surface area contributed by atoms with Crippen LogP contribution in [0.4, 0.5) is 0 Å². The summed E-state index contributed by atoms with van der Waals surface area (Å²) in [5.41, 5.74) is -0.923.